The summed E-state index contributed by atoms with van der Waals surface area (Å²) in [5, 5.41) is 5.78. The van der Waals surface area contributed by atoms with Gasteiger partial charge in [-0.3, -0.25) is 4.79 Å². The van der Waals surface area contributed by atoms with Crippen molar-refractivity contribution in [2.45, 2.75) is 56.8 Å². The molecule has 2 aliphatic heterocycles. The van der Waals surface area contributed by atoms with Crippen molar-refractivity contribution in [1.29, 1.82) is 0 Å². The molecule has 43 heavy (non-hydrogen) atoms. The second kappa shape index (κ2) is 11.7. The molecule has 7 rings (SSSR count). The van der Waals surface area contributed by atoms with Crippen molar-refractivity contribution in [2.24, 2.45) is 11.8 Å². The minimum absolute atomic E-state index is 0.0747. The molecule has 1 aromatic heterocycles. The van der Waals surface area contributed by atoms with Crippen molar-refractivity contribution >= 4 is 44.8 Å². The summed E-state index contributed by atoms with van der Waals surface area (Å²) in [6.07, 6.45) is 7.03. The number of fused-ring (bicyclic) bond motifs is 2. The molecule has 9 nitrogen and oxygen atoms in total. The average Bonchev–Trinajstić information content (AvgIpc) is 3.31. The van der Waals surface area contributed by atoms with Gasteiger partial charge in [0.05, 0.1) is 47.0 Å². The summed E-state index contributed by atoms with van der Waals surface area (Å²) in [7, 11) is -3.72. The van der Waals surface area contributed by atoms with E-state index in [-0.39, 0.29) is 17.8 Å². The summed E-state index contributed by atoms with van der Waals surface area (Å²) >= 11 is 13.1. The fourth-order valence-electron chi connectivity index (χ4n) is 6.83. The van der Waals surface area contributed by atoms with E-state index in [4.69, 9.17) is 32.7 Å². The van der Waals surface area contributed by atoms with E-state index < -0.39 is 15.9 Å². The Labute approximate surface area is 261 Å². The smallest absolute Gasteiger partial charge is 0.264 e. The van der Waals surface area contributed by atoms with Gasteiger partial charge in [-0.25, -0.2) is 17.8 Å². The molecule has 0 radical (unpaired) electrons. The van der Waals surface area contributed by atoms with Crippen LogP contribution in [0.2, 0.25) is 10.0 Å². The molecule has 2 saturated heterocycles. The van der Waals surface area contributed by atoms with E-state index in [1.54, 1.807) is 12.1 Å². The van der Waals surface area contributed by atoms with E-state index in [0.29, 0.717) is 65.4 Å². The van der Waals surface area contributed by atoms with Gasteiger partial charge in [-0.2, -0.15) is 5.10 Å². The van der Waals surface area contributed by atoms with E-state index in [1.165, 1.54) is 5.56 Å². The summed E-state index contributed by atoms with van der Waals surface area (Å²) in [6, 6.07) is 13.0. The Kier molecular flexibility index (Phi) is 7.92. The molecule has 12 heteroatoms. The Hall–Kier alpha value is -2.63. The minimum atomic E-state index is -3.72. The van der Waals surface area contributed by atoms with Crippen LogP contribution < -0.4 is 9.62 Å². The number of amides is 1. The lowest BCUT2D eigenvalue weighted by atomic mass is 10.0. The Morgan fingerprint density at radius 1 is 1.07 bits per heavy atom. The first-order valence-corrected chi connectivity index (χ1v) is 17.3. The van der Waals surface area contributed by atoms with E-state index in [1.807, 2.05) is 41.2 Å². The number of carbonyl (C=O) groups excluding carboxylic acids is 1. The Bertz CT molecular complexity index is 1600. The molecule has 228 valence electrons. The highest BCUT2D eigenvalue weighted by Gasteiger charge is 2.45. The van der Waals surface area contributed by atoms with Crippen molar-refractivity contribution < 1.29 is 22.7 Å². The third-order valence-electron chi connectivity index (χ3n) is 9.17. The first-order valence-electron chi connectivity index (χ1n) is 14.9. The van der Waals surface area contributed by atoms with Crippen LogP contribution in [0.3, 0.4) is 0 Å². The minimum Gasteiger partial charge on any atom is -0.381 e. The molecule has 1 unspecified atom stereocenters. The fraction of sp³-hybridized carbons (Fsp3) is 0.484. The van der Waals surface area contributed by atoms with Gasteiger partial charge in [-0.1, -0.05) is 29.3 Å². The number of hydrogen-bond acceptors (Lipinski definition) is 7. The van der Waals surface area contributed by atoms with Crippen molar-refractivity contribution in [2.75, 3.05) is 30.4 Å². The van der Waals surface area contributed by atoms with Crippen LogP contribution in [0.25, 0.3) is 5.69 Å². The first-order chi connectivity index (χ1) is 20.8. The van der Waals surface area contributed by atoms with Crippen molar-refractivity contribution in [3.8, 4) is 5.69 Å². The summed E-state index contributed by atoms with van der Waals surface area (Å²) in [5.74, 6) is 0.118. The number of nitrogens with one attached hydrogen (secondary N) is 1. The molecular formula is C31H34Cl2N4O5S. The standard InChI is InChI=1S/C31H34Cl2N4O5S/c32-26-2-1-3-27(33)30(26)37-28(25(14-34-37)20-4-5-20)17-42-29-13-24-12-22(29)15-36(24)23-8-6-21(7-9-23)31(38)35-43(39,40)18-19-10-11-41-16-19/h1-3,6-9,14,19-20,22,24,29H,4-5,10-13,15-18H2,(H,35,38)/t19?,22-,24-,29+/m0/s1. The van der Waals surface area contributed by atoms with Crippen LogP contribution in [0.5, 0.6) is 0 Å². The molecule has 0 spiro atoms. The molecule has 4 aliphatic rings. The molecule has 3 aromatic rings. The summed E-state index contributed by atoms with van der Waals surface area (Å²) in [4.78, 5) is 15.0. The number of hydrogen-bond donors (Lipinski definition) is 1. The molecule has 2 saturated carbocycles. The number of benzene rings is 2. The van der Waals surface area contributed by atoms with Crippen LogP contribution in [-0.2, 0) is 26.1 Å². The molecule has 1 amide bonds. The van der Waals surface area contributed by atoms with Gasteiger partial charge in [0.1, 0.15) is 5.69 Å². The molecule has 1 N–H and O–H groups in total. The lowest BCUT2D eigenvalue weighted by Gasteiger charge is -2.33. The maximum atomic E-state index is 12.7. The molecule has 4 fully saturated rings. The zero-order chi connectivity index (χ0) is 29.7. The van der Waals surface area contributed by atoms with Crippen molar-refractivity contribution in [3.63, 3.8) is 0 Å². The Balaban J connectivity index is 0.977. The number of sulfonamides is 1. The second-order valence-corrected chi connectivity index (χ2v) is 14.8. The fourth-order valence-corrected chi connectivity index (χ4v) is 8.76. The Morgan fingerprint density at radius 2 is 1.84 bits per heavy atom. The third-order valence-corrected chi connectivity index (χ3v) is 11.2. The quantitative estimate of drug-likeness (QED) is 0.318. The number of rotatable bonds is 10. The van der Waals surface area contributed by atoms with Gasteiger partial charge in [0.2, 0.25) is 10.0 Å². The average molecular weight is 646 g/mol. The first kappa shape index (κ1) is 29.1. The van der Waals surface area contributed by atoms with Gasteiger partial charge in [-0.15, -0.1) is 0 Å². The van der Waals surface area contributed by atoms with E-state index in [2.05, 4.69) is 14.7 Å². The van der Waals surface area contributed by atoms with Gasteiger partial charge < -0.3 is 14.4 Å². The van der Waals surface area contributed by atoms with Crippen LogP contribution in [0, 0.1) is 11.8 Å². The molecular weight excluding hydrogens is 611 g/mol. The number of anilines is 1. The van der Waals surface area contributed by atoms with Gasteiger partial charge in [-0.05, 0) is 80.0 Å². The normalized spacial score (nSPS) is 25.0. The van der Waals surface area contributed by atoms with Gasteiger partial charge in [0.15, 0.2) is 0 Å². The van der Waals surface area contributed by atoms with Crippen LogP contribution >= 0.6 is 23.2 Å². The number of para-hydroxylation sites is 1. The maximum Gasteiger partial charge on any atom is 0.264 e. The summed E-state index contributed by atoms with van der Waals surface area (Å²) < 4.78 is 40.8. The monoisotopic (exact) mass is 644 g/mol. The van der Waals surface area contributed by atoms with Crippen LogP contribution in [0.4, 0.5) is 5.69 Å². The number of ether oxygens (including phenoxy) is 2. The highest BCUT2D eigenvalue weighted by atomic mass is 35.5. The Morgan fingerprint density at radius 3 is 2.49 bits per heavy atom. The molecule has 2 aromatic carbocycles. The summed E-state index contributed by atoms with van der Waals surface area (Å²) in [6.45, 7) is 2.29. The second-order valence-electron chi connectivity index (χ2n) is 12.2. The lowest BCUT2D eigenvalue weighted by molar-refractivity contribution is 0.00993. The van der Waals surface area contributed by atoms with E-state index in [0.717, 1.165) is 43.6 Å². The zero-order valence-corrected chi connectivity index (χ0v) is 26.0. The number of halogens is 2. The molecule has 2 bridgehead atoms. The van der Waals surface area contributed by atoms with Gasteiger partial charge in [0.25, 0.3) is 5.91 Å². The van der Waals surface area contributed by atoms with Crippen LogP contribution in [0.1, 0.15) is 59.6 Å². The van der Waals surface area contributed by atoms with Gasteiger partial charge >= 0.3 is 0 Å². The predicted molar refractivity (Wildman–Crippen MR) is 165 cm³/mol. The number of aromatic nitrogens is 2. The molecule has 4 atom stereocenters. The molecule has 3 heterocycles. The van der Waals surface area contributed by atoms with Crippen LogP contribution in [0.15, 0.2) is 48.7 Å². The number of nitrogens with zero attached hydrogens (tertiary/aromatic N) is 3. The van der Waals surface area contributed by atoms with E-state index in [9.17, 15) is 13.2 Å². The van der Waals surface area contributed by atoms with Crippen LogP contribution in [-0.4, -0.2) is 61.8 Å². The zero-order valence-electron chi connectivity index (χ0n) is 23.6. The maximum absolute atomic E-state index is 12.7. The third kappa shape index (κ3) is 6.04. The number of piperidine rings is 1. The lowest BCUT2D eigenvalue weighted by Crippen LogP contribution is -2.38. The largest absolute Gasteiger partial charge is 0.381 e. The predicted octanol–water partition coefficient (Wildman–Crippen LogP) is 5.34. The highest BCUT2D eigenvalue weighted by molar-refractivity contribution is 7.90. The molecule has 2 aliphatic carbocycles. The van der Waals surface area contributed by atoms with E-state index >= 15 is 0 Å². The number of carbonyl (C=O) groups is 1. The van der Waals surface area contributed by atoms with Gasteiger partial charge in [0, 0.05) is 42.3 Å². The van der Waals surface area contributed by atoms with Crippen molar-refractivity contribution in [1.82, 2.24) is 14.5 Å². The SMILES string of the molecule is O=C(NS(=O)(=O)CC1CCOC1)c1ccc(N2C[C@@H]3C[C@H]2C[C@H]3OCc2c(C3CC3)cnn2-c2c(Cl)cccc2Cl)cc1. The highest BCUT2D eigenvalue weighted by Crippen LogP contribution is 2.45. The van der Waals surface area contributed by atoms with Crippen molar-refractivity contribution in [3.05, 3.63) is 75.5 Å². The topological polar surface area (TPSA) is 103 Å². The summed E-state index contributed by atoms with van der Waals surface area (Å²) in [5.41, 5.74) is 4.27.